The minimum Gasteiger partial charge on any atom is -0.473 e. The fraction of sp³-hybridized carbons (Fsp3) is 0.353. The summed E-state index contributed by atoms with van der Waals surface area (Å²) in [4.78, 5) is 4.44. The number of nitrogens with zero attached hydrogens (tertiary/aromatic N) is 1. The molecule has 1 N–H and O–H groups in total. The number of halogens is 1. The monoisotopic (exact) mass is 348 g/mol. The van der Waals surface area contributed by atoms with Gasteiger partial charge in [-0.1, -0.05) is 35.0 Å². The topological polar surface area (TPSA) is 34.2 Å². The maximum atomic E-state index is 5.81. The third-order valence-electron chi connectivity index (χ3n) is 3.05. The molecule has 2 aromatic rings. The molecule has 1 aromatic carbocycles. The second-order valence-electron chi connectivity index (χ2n) is 5.05. The Kier molecular flexibility index (Phi) is 6.21. The summed E-state index contributed by atoms with van der Waals surface area (Å²) < 4.78 is 6.88. The van der Waals surface area contributed by atoms with E-state index in [9.17, 15) is 0 Å². The van der Waals surface area contributed by atoms with E-state index in [1.54, 1.807) is 0 Å². The lowest BCUT2D eigenvalue weighted by Gasteiger charge is -2.09. The molecule has 0 aliphatic heterocycles. The van der Waals surface area contributed by atoms with Gasteiger partial charge in [-0.3, -0.25) is 0 Å². The Bertz CT molecular complexity index is 570. The summed E-state index contributed by atoms with van der Waals surface area (Å²) in [5.41, 5.74) is 3.32. The Morgan fingerprint density at radius 1 is 1.14 bits per heavy atom. The summed E-state index contributed by atoms with van der Waals surface area (Å²) in [5.74, 6) is 0.686. The van der Waals surface area contributed by atoms with Crippen molar-refractivity contribution in [2.24, 2.45) is 0 Å². The van der Waals surface area contributed by atoms with Gasteiger partial charge in [0.15, 0.2) is 0 Å². The first-order valence-electron chi connectivity index (χ1n) is 7.23. The van der Waals surface area contributed by atoms with Gasteiger partial charge in [0.1, 0.15) is 6.61 Å². The number of ether oxygens (including phenoxy) is 1. The second-order valence-corrected chi connectivity index (χ2v) is 5.96. The van der Waals surface area contributed by atoms with E-state index < -0.39 is 0 Å². The smallest absolute Gasteiger partial charge is 0.214 e. The van der Waals surface area contributed by atoms with Gasteiger partial charge in [0.25, 0.3) is 0 Å². The summed E-state index contributed by atoms with van der Waals surface area (Å²) in [6.45, 7) is 6.57. The van der Waals surface area contributed by atoms with Crippen molar-refractivity contribution in [1.82, 2.24) is 10.3 Å². The molecule has 0 radical (unpaired) electrons. The van der Waals surface area contributed by atoms with Crippen LogP contribution in [0.4, 0.5) is 0 Å². The molecule has 2 rings (SSSR count). The Morgan fingerprint density at radius 3 is 2.62 bits per heavy atom. The Morgan fingerprint density at radius 2 is 1.90 bits per heavy atom. The van der Waals surface area contributed by atoms with Crippen molar-refractivity contribution in [3.63, 3.8) is 0 Å². The van der Waals surface area contributed by atoms with Gasteiger partial charge < -0.3 is 10.1 Å². The highest BCUT2D eigenvalue weighted by Gasteiger charge is 2.02. The number of benzene rings is 1. The number of aromatic nitrogens is 1. The number of pyridine rings is 1. The Hall–Kier alpha value is -1.39. The Balaban J connectivity index is 1.97. The maximum absolute atomic E-state index is 5.81. The minimum absolute atomic E-state index is 0.533. The maximum Gasteiger partial charge on any atom is 0.214 e. The van der Waals surface area contributed by atoms with Crippen LogP contribution in [0.2, 0.25) is 0 Å². The molecule has 21 heavy (non-hydrogen) atoms. The van der Waals surface area contributed by atoms with E-state index in [1.165, 1.54) is 5.56 Å². The van der Waals surface area contributed by atoms with E-state index in [4.69, 9.17) is 4.74 Å². The SMILES string of the molecule is CCCNCc1cc(C)nc(OCc2ccc(Br)cc2)c1. The van der Waals surface area contributed by atoms with Gasteiger partial charge in [0.05, 0.1) is 0 Å². The van der Waals surface area contributed by atoms with Gasteiger partial charge >= 0.3 is 0 Å². The van der Waals surface area contributed by atoms with Crippen molar-refractivity contribution in [2.75, 3.05) is 6.54 Å². The van der Waals surface area contributed by atoms with E-state index in [1.807, 2.05) is 37.3 Å². The summed E-state index contributed by atoms with van der Waals surface area (Å²) >= 11 is 3.43. The standard InChI is InChI=1S/C17H21BrN2O/c1-3-8-19-11-15-9-13(2)20-17(10-15)21-12-14-4-6-16(18)7-5-14/h4-7,9-10,19H,3,8,11-12H2,1-2H3. The molecule has 0 saturated heterocycles. The number of rotatable bonds is 7. The highest BCUT2D eigenvalue weighted by Crippen LogP contribution is 2.16. The van der Waals surface area contributed by atoms with E-state index in [0.29, 0.717) is 12.5 Å². The van der Waals surface area contributed by atoms with Gasteiger partial charge in [0, 0.05) is 22.8 Å². The largest absolute Gasteiger partial charge is 0.473 e. The number of hydrogen-bond donors (Lipinski definition) is 1. The number of aryl methyl sites for hydroxylation is 1. The molecule has 0 spiro atoms. The van der Waals surface area contributed by atoms with E-state index >= 15 is 0 Å². The van der Waals surface area contributed by atoms with Crippen molar-refractivity contribution < 1.29 is 4.74 Å². The number of hydrogen-bond acceptors (Lipinski definition) is 3. The average Bonchev–Trinajstić information content (AvgIpc) is 2.46. The lowest BCUT2D eigenvalue weighted by molar-refractivity contribution is 0.293. The molecule has 0 amide bonds. The molecule has 1 aromatic heterocycles. The molecule has 0 aliphatic carbocycles. The lowest BCUT2D eigenvalue weighted by atomic mass is 10.2. The van der Waals surface area contributed by atoms with Crippen molar-refractivity contribution in [3.8, 4) is 5.88 Å². The van der Waals surface area contributed by atoms with Crippen LogP contribution >= 0.6 is 15.9 Å². The second kappa shape index (κ2) is 8.15. The average molecular weight is 349 g/mol. The molecular formula is C17H21BrN2O. The molecule has 0 bridgehead atoms. The summed E-state index contributed by atoms with van der Waals surface area (Å²) in [5, 5.41) is 3.40. The van der Waals surface area contributed by atoms with Crippen LogP contribution < -0.4 is 10.1 Å². The van der Waals surface area contributed by atoms with Crippen LogP contribution in [0.3, 0.4) is 0 Å². The molecule has 0 unspecified atom stereocenters. The first-order valence-corrected chi connectivity index (χ1v) is 8.02. The molecule has 0 fully saturated rings. The van der Waals surface area contributed by atoms with Crippen LogP contribution in [-0.4, -0.2) is 11.5 Å². The molecule has 0 saturated carbocycles. The van der Waals surface area contributed by atoms with Gasteiger partial charge in [-0.25, -0.2) is 4.98 Å². The highest BCUT2D eigenvalue weighted by molar-refractivity contribution is 9.10. The quantitative estimate of drug-likeness (QED) is 0.760. The van der Waals surface area contributed by atoms with Crippen LogP contribution in [0.15, 0.2) is 40.9 Å². The molecule has 4 heteroatoms. The van der Waals surface area contributed by atoms with Crippen molar-refractivity contribution in [3.05, 3.63) is 57.7 Å². The first kappa shape index (κ1) is 16.0. The van der Waals surface area contributed by atoms with Crippen molar-refractivity contribution in [2.45, 2.75) is 33.4 Å². The van der Waals surface area contributed by atoms with Crippen LogP contribution in [0.5, 0.6) is 5.88 Å². The van der Waals surface area contributed by atoms with Crippen LogP contribution in [0.25, 0.3) is 0 Å². The zero-order valence-electron chi connectivity index (χ0n) is 12.5. The molecule has 1 heterocycles. The van der Waals surface area contributed by atoms with Crippen LogP contribution in [0.1, 0.15) is 30.2 Å². The highest BCUT2D eigenvalue weighted by atomic mass is 79.9. The molecule has 0 aliphatic rings. The van der Waals surface area contributed by atoms with E-state index in [-0.39, 0.29) is 0 Å². The van der Waals surface area contributed by atoms with Gasteiger partial charge in [-0.05, 0) is 49.2 Å². The van der Waals surface area contributed by atoms with E-state index in [2.05, 4.69) is 39.2 Å². The van der Waals surface area contributed by atoms with Crippen molar-refractivity contribution in [1.29, 1.82) is 0 Å². The summed E-state index contributed by atoms with van der Waals surface area (Å²) in [6, 6.07) is 12.2. The Labute approximate surface area is 134 Å². The summed E-state index contributed by atoms with van der Waals surface area (Å²) in [6.07, 6.45) is 1.14. The van der Waals surface area contributed by atoms with Gasteiger partial charge in [-0.2, -0.15) is 0 Å². The zero-order chi connectivity index (χ0) is 15.1. The normalized spacial score (nSPS) is 10.6. The molecule has 0 atom stereocenters. The van der Waals surface area contributed by atoms with Gasteiger partial charge in [0.2, 0.25) is 5.88 Å². The zero-order valence-corrected chi connectivity index (χ0v) is 14.1. The van der Waals surface area contributed by atoms with Crippen molar-refractivity contribution >= 4 is 15.9 Å². The summed E-state index contributed by atoms with van der Waals surface area (Å²) in [7, 11) is 0. The first-order chi connectivity index (χ1) is 10.2. The fourth-order valence-corrected chi connectivity index (χ4v) is 2.29. The molecular weight excluding hydrogens is 328 g/mol. The molecule has 112 valence electrons. The third-order valence-corrected chi connectivity index (χ3v) is 3.57. The third kappa shape index (κ3) is 5.48. The predicted molar refractivity (Wildman–Crippen MR) is 89.4 cm³/mol. The minimum atomic E-state index is 0.533. The van der Waals surface area contributed by atoms with Crippen LogP contribution in [-0.2, 0) is 13.2 Å². The lowest BCUT2D eigenvalue weighted by Crippen LogP contribution is -2.14. The van der Waals surface area contributed by atoms with Gasteiger partial charge in [-0.15, -0.1) is 0 Å². The van der Waals surface area contributed by atoms with Crippen LogP contribution in [0, 0.1) is 6.92 Å². The number of nitrogens with one attached hydrogen (secondary N) is 1. The predicted octanol–water partition coefficient (Wildman–Crippen LogP) is 4.23. The fourth-order valence-electron chi connectivity index (χ4n) is 2.03. The van der Waals surface area contributed by atoms with E-state index in [0.717, 1.165) is 35.2 Å². The molecule has 3 nitrogen and oxygen atoms in total.